The van der Waals surface area contributed by atoms with Gasteiger partial charge >= 0.3 is 0 Å². The molecule has 0 spiro atoms. The highest BCUT2D eigenvalue weighted by Crippen LogP contribution is 2.33. The van der Waals surface area contributed by atoms with E-state index in [0.29, 0.717) is 6.04 Å². The van der Waals surface area contributed by atoms with E-state index < -0.39 is 0 Å². The minimum Gasteiger partial charge on any atom is -0.282 e. The summed E-state index contributed by atoms with van der Waals surface area (Å²) in [6, 6.07) is 8.62. The number of nitrogens with zero attached hydrogens (tertiary/aromatic N) is 1. The Hall–Kier alpha value is -0.210. The third-order valence-corrected chi connectivity index (χ3v) is 2.94. The van der Waals surface area contributed by atoms with Crippen molar-refractivity contribution in [2.24, 2.45) is 0 Å². The van der Waals surface area contributed by atoms with Crippen LogP contribution in [0.3, 0.4) is 0 Å². The van der Waals surface area contributed by atoms with Crippen LogP contribution in [0.15, 0.2) is 28.7 Å². The maximum absolute atomic E-state index is 6.07. The van der Waals surface area contributed by atoms with Crippen LogP contribution in [0.4, 0.5) is 5.69 Å². The van der Waals surface area contributed by atoms with E-state index in [1.807, 2.05) is 28.7 Å². The van der Waals surface area contributed by atoms with Crippen molar-refractivity contribution in [2.45, 2.75) is 18.9 Å². The van der Waals surface area contributed by atoms with Crippen LogP contribution < -0.4 is 4.42 Å². The molecule has 0 amide bonds. The molecular weight excluding hydrogens is 237 g/mol. The Morgan fingerprint density at radius 2 is 1.83 bits per heavy atom. The Kier molecular flexibility index (Phi) is 2.28. The summed E-state index contributed by atoms with van der Waals surface area (Å²) in [6.07, 6.45) is 2.44. The summed E-state index contributed by atoms with van der Waals surface area (Å²) in [4.78, 5) is 0. The summed E-state index contributed by atoms with van der Waals surface area (Å²) in [6.45, 7) is 0. The van der Waals surface area contributed by atoms with E-state index in [0.717, 1.165) is 10.2 Å². The number of anilines is 1. The smallest absolute Gasteiger partial charge is 0.0527 e. The lowest BCUT2D eigenvalue weighted by Crippen LogP contribution is -2.11. The zero-order valence-electron chi connectivity index (χ0n) is 6.50. The number of benzene rings is 1. The zero-order chi connectivity index (χ0) is 8.55. The van der Waals surface area contributed by atoms with Gasteiger partial charge in [-0.05, 0) is 37.1 Å². The van der Waals surface area contributed by atoms with E-state index in [-0.39, 0.29) is 0 Å². The van der Waals surface area contributed by atoms with E-state index in [1.165, 1.54) is 12.8 Å². The molecule has 1 nitrogen and oxygen atoms in total. The lowest BCUT2D eigenvalue weighted by molar-refractivity contribution is 1.04. The maximum Gasteiger partial charge on any atom is 0.0527 e. The minimum absolute atomic E-state index is 0.563. The molecule has 64 valence electrons. The molecular formula is C9H9BrClN. The fourth-order valence-corrected chi connectivity index (χ4v) is 1.67. The summed E-state index contributed by atoms with van der Waals surface area (Å²) in [5.74, 6) is 0. The predicted octanol–water partition coefficient (Wildman–Crippen LogP) is 3.57. The second-order valence-corrected chi connectivity index (χ2v) is 4.30. The largest absolute Gasteiger partial charge is 0.282 e. The molecule has 0 radical (unpaired) electrons. The minimum atomic E-state index is 0.563. The third-order valence-electron chi connectivity index (χ3n) is 1.94. The number of rotatable bonds is 2. The number of halogens is 2. The molecule has 1 fully saturated rings. The number of hydrogen-bond donors (Lipinski definition) is 0. The van der Waals surface area contributed by atoms with Gasteiger partial charge in [0.2, 0.25) is 0 Å². The van der Waals surface area contributed by atoms with E-state index in [2.05, 4.69) is 15.9 Å². The van der Waals surface area contributed by atoms with Crippen molar-refractivity contribution < 1.29 is 0 Å². The van der Waals surface area contributed by atoms with Crippen LogP contribution in [-0.4, -0.2) is 6.04 Å². The molecule has 1 aromatic carbocycles. The lowest BCUT2D eigenvalue weighted by atomic mass is 10.3. The van der Waals surface area contributed by atoms with Crippen molar-refractivity contribution in [3.63, 3.8) is 0 Å². The van der Waals surface area contributed by atoms with Crippen LogP contribution in [0.1, 0.15) is 12.8 Å². The normalized spacial score (nSPS) is 16.2. The molecule has 0 heterocycles. The molecule has 3 heteroatoms. The SMILES string of the molecule is ClN(c1ccc(Br)cc1)C1CC1. The first-order valence-electron chi connectivity index (χ1n) is 3.98. The fourth-order valence-electron chi connectivity index (χ4n) is 1.10. The molecule has 0 bridgehead atoms. The van der Waals surface area contributed by atoms with Crippen LogP contribution >= 0.6 is 27.7 Å². The topological polar surface area (TPSA) is 3.24 Å². The first-order valence-corrected chi connectivity index (χ1v) is 5.11. The van der Waals surface area contributed by atoms with Gasteiger partial charge in [-0.15, -0.1) is 0 Å². The molecule has 1 aliphatic rings. The van der Waals surface area contributed by atoms with Gasteiger partial charge in [0, 0.05) is 22.3 Å². The van der Waals surface area contributed by atoms with Crippen molar-refractivity contribution >= 4 is 33.4 Å². The lowest BCUT2D eigenvalue weighted by Gasteiger charge is -2.14. The van der Waals surface area contributed by atoms with Crippen molar-refractivity contribution in [2.75, 3.05) is 4.42 Å². The Morgan fingerprint density at radius 1 is 1.25 bits per heavy atom. The van der Waals surface area contributed by atoms with Gasteiger partial charge in [-0.1, -0.05) is 15.9 Å². The third kappa shape index (κ3) is 1.75. The van der Waals surface area contributed by atoms with Crippen molar-refractivity contribution in [3.05, 3.63) is 28.7 Å². The highest BCUT2D eigenvalue weighted by molar-refractivity contribution is 9.10. The second kappa shape index (κ2) is 3.27. The molecule has 0 N–H and O–H groups in total. The molecule has 1 saturated carbocycles. The molecule has 1 aliphatic carbocycles. The molecule has 0 saturated heterocycles. The van der Waals surface area contributed by atoms with Crippen LogP contribution in [0.2, 0.25) is 0 Å². The van der Waals surface area contributed by atoms with E-state index >= 15 is 0 Å². The van der Waals surface area contributed by atoms with Crippen LogP contribution in [-0.2, 0) is 0 Å². The molecule has 0 atom stereocenters. The number of hydrogen-bond acceptors (Lipinski definition) is 1. The van der Waals surface area contributed by atoms with Crippen LogP contribution in [0.25, 0.3) is 0 Å². The van der Waals surface area contributed by atoms with Crippen LogP contribution in [0.5, 0.6) is 0 Å². The maximum atomic E-state index is 6.07. The zero-order valence-corrected chi connectivity index (χ0v) is 8.85. The molecule has 12 heavy (non-hydrogen) atoms. The van der Waals surface area contributed by atoms with Gasteiger partial charge < -0.3 is 0 Å². The van der Waals surface area contributed by atoms with Gasteiger partial charge in [-0.3, -0.25) is 4.42 Å². The van der Waals surface area contributed by atoms with Crippen molar-refractivity contribution in [1.82, 2.24) is 0 Å². The van der Waals surface area contributed by atoms with E-state index in [4.69, 9.17) is 11.8 Å². The standard InChI is InChI=1S/C9H9BrClN/c10-7-1-3-8(4-2-7)12(11)9-5-6-9/h1-4,9H,5-6H2. The molecule has 0 aliphatic heterocycles. The Balaban J connectivity index is 2.16. The van der Waals surface area contributed by atoms with Gasteiger partial charge in [0.15, 0.2) is 0 Å². The molecule has 2 rings (SSSR count). The van der Waals surface area contributed by atoms with Gasteiger partial charge in [0.05, 0.1) is 5.69 Å². The second-order valence-electron chi connectivity index (χ2n) is 3.02. The van der Waals surface area contributed by atoms with E-state index in [9.17, 15) is 0 Å². The van der Waals surface area contributed by atoms with Crippen molar-refractivity contribution in [1.29, 1.82) is 0 Å². The monoisotopic (exact) mass is 245 g/mol. The summed E-state index contributed by atoms with van der Waals surface area (Å²) < 4.78 is 2.92. The van der Waals surface area contributed by atoms with Gasteiger partial charge in [0.25, 0.3) is 0 Å². The molecule has 1 aromatic rings. The quantitative estimate of drug-likeness (QED) is 0.721. The highest BCUT2D eigenvalue weighted by Gasteiger charge is 2.28. The predicted molar refractivity (Wildman–Crippen MR) is 55.5 cm³/mol. The van der Waals surface area contributed by atoms with Crippen molar-refractivity contribution in [3.8, 4) is 0 Å². The Morgan fingerprint density at radius 3 is 2.33 bits per heavy atom. The summed E-state index contributed by atoms with van der Waals surface area (Å²) in [5, 5.41) is 0. The summed E-state index contributed by atoms with van der Waals surface area (Å²) >= 11 is 9.46. The van der Waals surface area contributed by atoms with Gasteiger partial charge in [-0.2, -0.15) is 0 Å². The Labute approximate surface area is 85.6 Å². The summed E-state index contributed by atoms with van der Waals surface area (Å²) in [5.41, 5.74) is 1.09. The molecule has 0 aromatic heterocycles. The van der Waals surface area contributed by atoms with Gasteiger partial charge in [0.1, 0.15) is 0 Å². The highest BCUT2D eigenvalue weighted by atomic mass is 79.9. The van der Waals surface area contributed by atoms with E-state index in [1.54, 1.807) is 0 Å². The average molecular weight is 247 g/mol. The fraction of sp³-hybridized carbons (Fsp3) is 0.333. The van der Waals surface area contributed by atoms with Crippen LogP contribution in [0, 0.1) is 0 Å². The van der Waals surface area contributed by atoms with Gasteiger partial charge in [-0.25, -0.2) is 0 Å². The Bertz CT molecular complexity index is 268. The average Bonchev–Trinajstić information content (AvgIpc) is 2.87. The first-order chi connectivity index (χ1) is 5.77. The first kappa shape index (κ1) is 8.39. The summed E-state index contributed by atoms with van der Waals surface area (Å²) in [7, 11) is 0. The molecule has 0 unspecified atom stereocenters.